The van der Waals surface area contributed by atoms with Crippen molar-refractivity contribution in [3.63, 3.8) is 0 Å². The number of nitrogens with two attached hydrogens (primary N) is 1. The summed E-state index contributed by atoms with van der Waals surface area (Å²) in [6.07, 6.45) is -4.49. The number of ether oxygens (including phenoxy) is 1. The van der Waals surface area contributed by atoms with Crippen LogP contribution in [0.5, 0.6) is 5.75 Å². The summed E-state index contributed by atoms with van der Waals surface area (Å²) in [4.78, 5) is 12.5. The maximum atomic E-state index is 12.5. The van der Waals surface area contributed by atoms with E-state index in [4.69, 9.17) is 10.5 Å². The predicted octanol–water partition coefficient (Wildman–Crippen LogP) is 1.64. The lowest BCUT2D eigenvalue weighted by Crippen LogP contribution is -2.36. The molecule has 1 aliphatic rings. The average molecular weight is 246 g/mol. The van der Waals surface area contributed by atoms with E-state index in [0.29, 0.717) is 0 Å². The fraction of sp³-hybridized carbons (Fsp3) is 0.300. The number of benzene rings is 1. The first-order valence-corrected chi connectivity index (χ1v) is 4.71. The van der Waals surface area contributed by atoms with Crippen molar-refractivity contribution < 1.29 is 22.7 Å². The van der Waals surface area contributed by atoms with E-state index in [0.717, 1.165) is 12.1 Å². The van der Waals surface area contributed by atoms with Crippen LogP contribution in [0.1, 0.15) is 5.56 Å². The highest BCUT2D eigenvalue weighted by Crippen LogP contribution is 2.42. The van der Waals surface area contributed by atoms with Crippen LogP contribution in [0.15, 0.2) is 12.1 Å². The lowest BCUT2D eigenvalue weighted by molar-refractivity contribution is -0.137. The van der Waals surface area contributed by atoms with Crippen molar-refractivity contribution in [3.8, 4) is 5.75 Å². The number of halogens is 3. The van der Waals surface area contributed by atoms with Gasteiger partial charge >= 0.3 is 6.18 Å². The van der Waals surface area contributed by atoms with E-state index in [1.807, 2.05) is 0 Å². The minimum Gasteiger partial charge on any atom is -0.481 e. The Morgan fingerprint density at radius 3 is 2.65 bits per heavy atom. The summed E-state index contributed by atoms with van der Waals surface area (Å²) in [6, 6.07) is 1.63. The van der Waals surface area contributed by atoms with E-state index in [2.05, 4.69) is 0 Å². The minimum atomic E-state index is -4.49. The molecular weight excluding hydrogens is 237 g/mol. The monoisotopic (exact) mass is 246 g/mol. The number of carbonyl (C=O) groups excluding carboxylic acids is 1. The summed E-state index contributed by atoms with van der Waals surface area (Å²) in [6.45, 7) is -0.287. The Hall–Kier alpha value is -1.92. The Bertz CT molecular complexity index is 485. The van der Waals surface area contributed by atoms with E-state index < -0.39 is 11.7 Å². The summed E-state index contributed by atoms with van der Waals surface area (Å²) in [5.74, 6) is -0.386. The number of hydrogen-bond donors (Lipinski definition) is 1. The van der Waals surface area contributed by atoms with Gasteiger partial charge in [-0.3, -0.25) is 4.79 Å². The second kappa shape index (κ2) is 3.54. The molecule has 0 aliphatic carbocycles. The third-order valence-corrected chi connectivity index (χ3v) is 2.49. The van der Waals surface area contributed by atoms with Gasteiger partial charge in [0.2, 0.25) is 0 Å². The van der Waals surface area contributed by atoms with Crippen LogP contribution in [-0.2, 0) is 11.0 Å². The van der Waals surface area contributed by atoms with Crippen molar-refractivity contribution in [3.05, 3.63) is 17.7 Å². The first kappa shape index (κ1) is 11.6. The van der Waals surface area contributed by atoms with Gasteiger partial charge in [-0.2, -0.15) is 13.2 Å². The zero-order chi connectivity index (χ0) is 12.8. The van der Waals surface area contributed by atoms with E-state index in [1.165, 1.54) is 11.9 Å². The molecule has 0 unspecified atom stereocenters. The number of carbonyl (C=O) groups is 1. The zero-order valence-corrected chi connectivity index (χ0v) is 8.84. The summed E-state index contributed by atoms with van der Waals surface area (Å²) < 4.78 is 42.5. The number of alkyl halides is 3. The molecule has 0 fully saturated rings. The smallest absolute Gasteiger partial charge is 0.416 e. The van der Waals surface area contributed by atoms with Gasteiger partial charge in [-0.15, -0.1) is 0 Å². The Labute approximate surface area is 94.8 Å². The SMILES string of the molecule is CN1C(=O)COc2cc(C(F)(F)F)cc(N)c21. The summed E-state index contributed by atoms with van der Waals surface area (Å²) in [5.41, 5.74) is 4.67. The Morgan fingerprint density at radius 2 is 2.06 bits per heavy atom. The molecule has 0 bridgehead atoms. The molecule has 7 heteroatoms. The van der Waals surface area contributed by atoms with E-state index in [-0.39, 0.29) is 29.6 Å². The molecule has 92 valence electrons. The first-order valence-electron chi connectivity index (χ1n) is 4.71. The highest BCUT2D eigenvalue weighted by atomic mass is 19.4. The van der Waals surface area contributed by atoms with Crippen LogP contribution in [0.4, 0.5) is 24.5 Å². The van der Waals surface area contributed by atoms with Crippen LogP contribution >= 0.6 is 0 Å². The van der Waals surface area contributed by atoms with Gasteiger partial charge in [0.25, 0.3) is 5.91 Å². The normalized spacial score (nSPS) is 15.5. The average Bonchev–Trinajstić information content (AvgIpc) is 2.21. The van der Waals surface area contributed by atoms with Gasteiger partial charge in [0.15, 0.2) is 6.61 Å². The number of likely N-dealkylation sites (N-methyl/N-ethyl adjacent to an activating group) is 1. The quantitative estimate of drug-likeness (QED) is 0.708. The van der Waals surface area contributed by atoms with Gasteiger partial charge in [0, 0.05) is 7.05 Å². The number of rotatable bonds is 0. The summed E-state index contributed by atoms with van der Waals surface area (Å²) >= 11 is 0. The fourth-order valence-corrected chi connectivity index (χ4v) is 1.62. The van der Waals surface area contributed by atoms with Crippen LogP contribution in [0.2, 0.25) is 0 Å². The first-order chi connectivity index (χ1) is 7.80. The van der Waals surface area contributed by atoms with Gasteiger partial charge in [0.1, 0.15) is 11.4 Å². The molecule has 4 nitrogen and oxygen atoms in total. The second-order valence-electron chi connectivity index (χ2n) is 3.65. The molecule has 0 saturated heterocycles. The molecule has 1 heterocycles. The van der Waals surface area contributed by atoms with Gasteiger partial charge in [-0.05, 0) is 12.1 Å². The number of amides is 1. The molecule has 0 spiro atoms. The lowest BCUT2D eigenvalue weighted by atomic mass is 10.1. The molecule has 0 atom stereocenters. The number of nitrogen functional groups attached to an aromatic ring is 1. The standard InChI is InChI=1S/C10H9F3N2O2/c1-15-8(16)4-17-7-3-5(10(11,12)13)2-6(14)9(7)15/h2-3H,4,14H2,1H3. The number of hydrogen-bond acceptors (Lipinski definition) is 3. The molecule has 2 rings (SSSR count). The lowest BCUT2D eigenvalue weighted by Gasteiger charge is -2.28. The van der Waals surface area contributed by atoms with Crippen molar-refractivity contribution >= 4 is 17.3 Å². The molecule has 0 radical (unpaired) electrons. The topological polar surface area (TPSA) is 55.6 Å². The Balaban J connectivity index is 2.57. The van der Waals surface area contributed by atoms with E-state index in [9.17, 15) is 18.0 Å². The number of fused-ring (bicyclic) bond motifs is 1. The highest BCUT2D eigenvalue weighted by Gasteiger charge is 2.34. The second-order valence-corrected chi connectivity index (χ2v) is 3.65. The van der Waals surface area contributed by atoms with Crippen molar-refractivity contribution in [2.45, 2.75) is 6.18 Å². The molecule has 0 saturated carbocycles. The molecule has 2 N–H and O–H groups in total. The van der Waals surface area contributed by atoms with Crippen LogP contribution in [-0.4, -0.2) is 19.6 Å². The van der Waals surface area contributed by atoms with E-state index in [1.54, 1.807) is 0 Å². The minimum absolute atomic E-state index is 0.0283. The van der Waals surface area contributed by atoms with Gasteiger partial charge < -0.3 is 15.4 Å². The van der Waals surface area contributed by atoms with Gasteiger partial charge in [-0.1, -0.05) is 0 Å². The third-order valence-electron chi connectivity index (χ3n) is 2.49. The Morgan fingerprint density at radius 1 is 1.41 bits per heavy atom. The van der Waals surface area contributed by atoms with Crippen LogP contribution in [0.25, 0.3) is 0 Å². The summed E-state index contributed by atoms with van der Waals surface area (Å²) in [7, 11) is 1.44. The summed E-state index contributed by atoms with van der Waals surface area (Å²) in [5, 5.41) is 0. The number of anilines is 2. The van der Waals surface area contributed by atoms with Crippen molar-refractivity contribution in [1.82, 2.24) is 0 Å². The maximum Gasteiger partial charge on any atom is 0.416 e. The van der Waals surface area contributed by atoms with Crippen molar-refractivity contribution in [2.75, 3.05) is 24.3 Å². The zero-order valence-electron chi connectivity index (χ0n) is 8.84. The predicted molar refractivity (Wildman–Crippen MR) is 54.8 cm³/mol. The number of nitrogens with zero attached hydrogens (tertiary/aromatic N) is 1. The highest BCUT2D eigenvalue weighted by molar-refractivity contribution is 6.00. The Kier molecular flexibility index (Phi) is 2.41. The molecule has 1 amide bonds. The molecule has 0 aromatic heterocycles. The van der Waals surface area contributed by atoms with Gasteiger partial charge in [0.05, 0.1) is 11.3 Å². The molecule has 17 heavy (non-hydrogen) atoms. The largest absolute Gasteiger partial charge is 0.481 e. The van der Waals surface area contributed by atoms with Crippen LogP contribution in [0.3, 0.4) is 0 Å². The molecule has 1 aromatic rings. The van der Waals surface area contributed by atoms with Gasteiger partial charge in [-0.25, -0.2) is 0 Å². The molecule has 1 aliphatic heterocycles. The van der Waals surface area contributed by atoms with Crippen molar-refractivity contribution in [1.29, 1.82) is 0 Å². The maximum absolute atomic E-state index is 12.5. The fourth-order valence-electron chi connectivity index (χ4n) is 1.62. The van der Waals surface area contributed by atoms with E-state index >= 15 is 0 Å². The molecule has 1 aromatic carbocycles. The van der Waals surface area contributed by atoms with Crippen LogP contribution in [0, 0.1) is 0 Å². The van der Waals surface area contributed by atoms with Crippen LogP contribution < -0.4 is 15.4 Å². The molecular formula is C10H9F3N2O2. The third kappa shape index (κ3) is 1.88. The van der Waals surface area contributed by atoms with Crippen molar-refractivity contribution in [2.24, 2.45) is 0 Å².